The normalized spacial score (nSPS) is 17.7. The maximum Gasteiger partial charge on any atom is 0.269 e. The van der Waals surface area contributed by atoms with Gasteiger partial charge < -0.3 is 16.0 Å². The molecule has 0 bridgehead atoms. The van der Waals surface area contributed by atoms with Gasteiger partial charge in [0.15, 0.2) is 5.69 Å². The minimum atomic E-state index is -0.571. The number of rotatable bonds is 7. The van der Waals surface area contributed by atoms with Crippen molar-refractivity contribution in [2.45, 2.75) is 19.4 Å². The first-order valence-electron chi connectivity index (χ1n) is 9.61. The van der Waals surface area contributed by atoms with E-state index in [1.54, 1.807) is 12.1 Å². The third kappa shape index (κ3) is 4.74. The Hall–Kier alpha value is -2.67. The molecule has 7 nitrogen and oxygen atoms in total. The molecule has 1 amide bonds. The maximum atomic E-state index is 11.0. The van der Waals surface area contributed by atoms with Gasteiger partial charge in [-0.1, -0.05) is 12.1 Å². The van der Waals surface area contributed by atoms with E-state index in [2.05, 4.69) is 49.6 Å². The van der Waals surface area contributed by atoms with E-state index < -0.39 is 5.91 Å². The lowest BCUT2D eigenvalue weighted by molar-refractivity contribution is 0.0994. The molecular weight excluding hydrogens is 340 g/mol. The van der Waals surface area contributed by atoms with Crippen molar-refractivity contribution in [2.24, 2.45) is 11.7 Å². The molecule has 3 N–H and O–H groups in total. The number of nitrogens with zero attached hydrogens (tertiary/aromatic N) is 4. The second kappa shape index (κ2) is 7.92. The third-order valence-electron chi connectivity index (χ3n) is 5.28. The molecule has 0 atom stereocenters. The summed E-state index contributed by atoms with van der Waals surface area (Å²) in [5, 5.41) is 11.0. The van der Waals surface area contributed by atoms with E-state index in [9.17, 15) is 4.79 Å². The topological polar surface area (TPSA) is 87.4 Å². The van der Waals surface area contributed by atoms with Crippen molar-refractivity contribution in [3.8, 4) is 0 Å². The fourth-order valence-corrected chi connectivity index (χ4v) is 3.43. The van der Waals surface area contributed by atoms with Crippen LogP contribution in [0.1, 0.15) is 28.9 Å². The van der Waals surface area contributed by atoms with Crippen LogP contribution in [-0.2, 0) is 6.54 Å². The third-order valence-corrected chi connectivity index (χ3v) is 5.28. The SMILES string of the molecule is NC(=O)c1ccc(NCc2ccc(N3CCN(CC4CC4)CC3)cc2)nn1. The number of carbonyl (C=O) groups excluding carboxylic acids is 1. The zero-order valence-electron chi connectivity index (χ0n) is 15.5. The molecule has 1 aromatic carbocycles. The zero-order valence-corrected chi connectivity index (χ0v) is 15.5. The molecule has 2 heterocycles. The lowest BCUT2D eigenvalue weighted by Gasteiger charge is -2.36. The number of aromatic nitrogens is 2. The van der Waals surface area contributed by atoms with E-state index in [0.717, 1.165) is 19.0 Å². The van der Waals surface area contributed by atoms with Gasteiger partial charge >= 0.3 is 0 Å². The van der Waals surface area contributed by atoms with Crippen LogP contribution in [0.3, 0.4) is 0 Å². The number of nitrogens with one attached hydrogen (secondary N) is 1. The molecular formula is C20H26N6O. The first kappa shape index (κ1) is 17.7. The minimum Gasteiger partial charge on any atom is -0.369 e. The summed E-state index contributed by atoms with van der Waals surface area (Å²) in [6.45, 7) is 6.49. The zero-order chi connectivity index (χ0) is 18.6. The summed E-state index contributed by atoms with van der Waals surface area (Å²) in [6, 6.07) is 11.9. The second-order valence-electron chi connectivity index (χ2n) is 7.42. The van der Waals surface area contributed by atoms with E-state index in [4.69, 9.17) is 5.73 Å². The number of hydrogen-bond acceptors (Lipinski definition) is 6. The summed E-state index contributed by atoms with van der Waals surface area (Å²) in [5.74, 6) is 1.02. The van der Waals surface area contributed by atoms with Gasteiger partial charge in [-0.2, -0.15) is 0 Å². The van der Waals surface area contributed by atoms with E-state index in [0.29, 0.717) is 12.4 Å². The molecule has 0 unspecified atom stereocenters. The molecule has 0 spiro atoms. The molecule has 1 saturated carbocycles. The summed E-state index contributed by atoms with van der Waals surface area (Å²) in [5.41, 5.74) is 7.80. The fraction of sp³-hybridized carbons (Fsp3) is 0.450. The van der Waals surface area contributed by atoms with Crippen molar-refractivity contribution in [2.75, 3.05) is 42.9 Å². The molecule has 1 aliphatic carbocycles. The highest BCUT2D eigenvalue weighted by atomic mass is 16.1. The van der Waals surface area contributed by atoms with Gasteiger partial charge in [0, 0.05) is 45.0 Å². The van der Waals surface area contributed by atoms with Crippen LogP contribution in [-0.4, -0.2) is 53.7 Å². The van der Waals surface area contributed by atoms with Gasteiger partial charge in [0.05, 0.1) is 0 Å². The van der Waals surface area contributed by atoms with E-state index in [1.165, 1.54) is 43.7 Å². The minimum absolute atomic E-state index is 0.169. The van der Waals surface area contributed by atoms with Crippen LogP contribution < -0.4 is 16.0 Å². The van der Waals surface area contributed by atoms with Gasteiger partial charge in [0.1, 0.15) is 5.82 Å². The molecule has 27 heavy (non-hydrogen) atoms. The molecule has 1 saturated heterocycles. The summed E-state index contributed by atoms with van der Waals surface area (Å²) in [6.07, 6.45) is 2.85. The van der Waals surface area contributed by atoms with E-state index in [-0.39, 0.29) is 5.69 Å². The summed E-state index contributed by atoms with van der Waals surface area (Å²) < 4.78 is 0. The molecule has 2 aromatic rings. The maximum absolute atomic E-state index is 11.0. The smallest absolute Gasteiger partial charge is 0.269 e. The summed E-state index contributed by atoms with van der Waals surface area (Å²) in [7, 11) is 0. The van der Waals surface area contributed by atoms with Gasteiger partial charge in [0.25, 0.3) is 5.91 Å². The Bertz CT molecular complexity index is 764. The van der Waals surface area contributed by atoms with Crippen molar-refractivity contribution in [3.05, 3.63) is 47.7 Å². The van der Waals surface area contributed by atoms with Crippen molar-refractivity contribution < 1.29 is 4.79 Å². The highest BCUT2D eigenvalue weighted by Crippen LogP contribution is 2.30. The lowest BCUT2D eigenvalue weighted by atomic mass is 10.1. The average molecular weight is 366 g/mol. The summed E-state index contributed by atoms with van der Waals surface area (Å²) in [4.78, 5) is 16.1. The molecule has 0 radical (unpaired) electrons. The molecule has 7 heteroatoms. The predicted octanol–water partition coefficient (Wildman–Crippen LogP) is 1.72. The quantitative estimate of drug-likeness (QED) is 0.776. The Kier molecular flexibility index (Phi) is 5.20. The molecule has 2 fully saturated rings. The first-order chi connectivity index (χ1) is 13.2. The molecule has 1 aliphatic heterocycles. The Morgan fingerprint density at radius 3 is 2.37 bits per heavy atom. The van der Waals surface area contributed by atoms with Crippen LogP contribution >= 0.6 is 0 Å². The highest BCUT2D eigenvalue weighted by Gasteiger charge is 2.26. The fourth-order valence-electron chi connectivity index (χ4n) is 3.43. The van der Waals surface area contributed by atoms with Crippen LogP contribution in [0, 0.1) is 5.92 Å². The van der Waals surface area contributed by atoms with Crippen molar-refractivity contribution >= 4 is 17.4 Å². The van der Waals surface area contributed by atoms with Gasteiger partial charge in [-0.3, -0.25) is 9.69 Å². The van der Waals surface area contributed by atoms with Crippen LogP contribution in [0.5, 0.6) is 0 Å². The average Bonchev–Trinajstić information content (AvgIpc) is 3.52. The highest BCUT2D eigenvalue weighted by molar-refractivity contribution is 5.90. The number of anilines is 2. The van der Waals surface area contributed by atoms with E-state index in [1.807, 2.05) is 0 Å². The largest absolute Gasteiger partial charge is 0.369 e. The molecule has 2 aliphatic rings. The summed E-state index contributed by atoms with van der Waals surface area (Å²) >= 11 is 0. The van der Waals surface area contributed by atoms with Crippen molar-refractivity contribution in [1.82, 2.24) is 15.1 Å². The number of piperazine rings is 1. The molecule has 1 aromatic heterocycles. The van der Waals surface area contributed by atoms with Crippen LogP contribution in [0.2, 0.25) is 0 Å². The molecule has 4 rings (SSSR count). The Labute approximate surface area is 159 Å². The van der Waals surface area contributed by atoms with Gasteiger partial charge in [-0.15, -0.1) is 10.2 Å². The van der Waals surface area contributed by atoms with Crippen molar-refractivity contribution in [3.63, 3.8) is 0 Å². The van der Waals surface area contributed by atoms with Crippen LogP contribution in [0.4, 0.5) is 11.5 Å². The van der Waals surface area contributed by atoms with Crippen LogP contribution in [0.15, 0.2) is 36.4 Å². The Morgan fingerprint density at radius 1 is 1.04 bits per heavy atom. The van der Waals surface area contributed by atoms with Gasteiger partial charge in [-0.25, -0.2) is 0 Å². The number of amides is 1. The van der Waals surface area contributed by atoms with Crippen molar-refractivity contribution in [1.29, 1.82) is 0 Å². The van der Waals surface area contributed by atoms with Gasteiger partial charge in [-0.05, 0) is 48.6 Å². The Morgan fingerprint density at radius 2 is 1.78 bits per heavy atom. The number of carbonyl (C=O) groups is 1. The number of primary amides is 1. The van der Waals surface area contributed by atoms with E-state index >= 15 is 0 Å². The number of hydrogen-bond donors (Lipinski definition) is 2. The van der Waals surface area contributed by atoms with Crippen LogP contribution in [0.25, 0.3) is 0 Å². The first-order valence-corrected chi connectivity index (χ1v) is 9.61. The predicted molar refractivity (Wildman–Crippen MR) is 106 cm³/mol. The number of nitrogens with two attached hydrogens (primary N) is 1. The number of benzene rings is 1. The lowest BCUT2D eigenvalue weighted by Crippen LogP contribution is -2.47. The Balaban J connectivity index is 1.26. The van der Waals surface area contributed by atoms with Gasteiger partial charge in [0.2, 0.25) is 0 Å². The standard InChI is InChI=1S/C20H26N6O/c21-20(27)18-7-8-19(24-23-18)22-13-15-3-5-17(6-4-15)26-11-9-25(10-12-26)14-16-1-2-16/h3-8,16H,1-2,9-14H2,(H2,21,27)(H,22,24). The molecule has 142 valence electrons. The monoisotopic (exact) mass is 366 g/mol. The second-order valence-corrected chi connectivity index (χ2v) is 7.42.